The molecule has 116 valence electrons. The predicted octanol–water partition coefficient (Wildman–Crippen LogP) is 0.991. The maximum atomic E-state index is 11.9. The summed E-state index contributed by atoms with van der Waals surface area (Å²) in [6.07, 6.45) is 0.771. The number of amides is 2. The van der Waals surface area contributed by atoms with Crippen molar-refractivity contribution in [3.05, 3.63) is 52.0 Å². The van der Waals surface area contributed by atoms with Gasteiger partial charge in [0.1, 0.15) is 10.7 Å². The molecule has 1 unspecified atom stereocenters. The number of thiazole rings is 1. The van der Waals surface area contributed by atoms with Crippen molar-refractivity contribution in [3.63, 3.8) is 0 Å². The second-order valence-electron chi connectivity index (χ2n) is 4.84. The highest BCUT2D eigenvalue weighted by molar-refractivity contribution is 7.09. The Hall–Kier alpha value is -2.25. The van der Waals surface area contributed by atoms with Gasteiger partial charge in [-0.3, -0.25) is 9.59 Å². The van der Waals surface area contributed by atoms with E-state index in [1.165, 1.54) is 11.3 Å². The average molecular weight is 318 g/mol. The number of carbonyl (C=O) groups excluding carboxylic acids is 2. The molecule has 0 radical (unpaired) electrons. The number of nitrogens with one attached hydrogen (secondary N) is 1. The molecule has 0 saturated carbocycles. The van der Waals surface area contributed by atoms with Gasteiger partial charge in [0.25, 0.3) is 5.91 Å². The highest BCUT2D eigenvalue weighted by Gasteiger charge is 2.15. The molecule has 2 amide bonds. The second kappa shape index (κ2) is 7.67. The number of carbonyl (C=O) groups is 2. The minimum atomic E-state index is -0.454. The van der Waals surface area contributed by atoms with E-state index in [1.54, 1.807) is 5.38 Å². The number of benzene rings is 1. The van der Waals surface area contributed by atoms with E-state index >= 15 is 0 Å². The molecule has 0 bridgehead atoms. The summed E-state index contributed by atoms with van der Waals surface area (Å²) < 4.78 is 0. The van der Waals surface area contributed by atoms with Gasteiger partial charge in [0, 0.05) is 18.3 Å². The number of nitrogens with two attached hydrogens (primary N) is 2. The van der Waals surface area contributed by atoms with Crippen LogP contribution in [0.4, 0.5) is 0 Å². The lowest BCUT2D eigenvalue weighted by Crippen LogP contribution is -2.28. The zero-order valence-electron chi connectivity index (χ0n) is 12.0. The molecule has 0 spiro atoms. The first-order valence-corrected chi connectivity index (χ1v) is 7.75. The number of rotatable bonds is 7. The number of nitrogens with zero attached hydrogens (tertiary/aromatic N) is 1. The van der Waals surface area contributed by atoms with Gasteiger partial charge in [-0.2, -0.15) is 0 Å². The summed E-state index contributed by atoms with van der Waals surface area (Å²) in [7, 11) is 0. The largest absolute Gasteiger partial charge is 0.370 e. The van der Waals surface area contributed by atoms with E-state index in [1.807, 2.05) is 30.3 Å². The second-order valence-corrected chi connectivity index (χ2v) is 5.73. The van der Waals surface area contributed by atoms with Crippen LogP contribution in [0.5, 0.6) is 0 Å². The molecule has 6 nitrogen and oxygen atoms in total. The van der Waals surface area contributed by atoms with Crippen LogP contribution >= 0.6 is 11.3 Å². The normalized spacial score (nSPS) is 11.9. The van der Waals surface area contributed by atoms with Crippen LogP contribution in [-0.4, -0.2) is 23.3 Å². The summed E-state index contributed by atoms with van der Waals surface area (Å²) >= 11 is 1.36. The predicted molar refractivity (Wildman–Crippen MR) is 85.3 cm³/mol. The molecule has 2 aromatic rings. The zero-order chi connectivity index (χ0) is 15.9. The van der Waals surface area contributed by atoms with E-state index in [4.69, 9.17) is 11.5 Å². The topological polar surface area (TPSA) is 111 Å². The minimum absolute atomic E-state index is 0.107. The molecule has 0 saturated heterocycles. The first-order chi connectivity index (χ1) is 10.6. The van der Waals surface area contributed by atoms with Crippen molar-refractivity contribution in [2.75, 3.05) is 6.54 Å². The number of hydrogen-bond donors (Lipinski definition) is 3. The molecule has 22 heavy (non-hydrogen) atoms. The molecular weight excluding hydrogens is 300 g/mol. The van der Waals surface area contributed by atoms with Crippen LogP contribution in [0, 0.1) is 0 Å². The molecule has 0 aliphatic heterocycles. The molecule has 5 N–H and O–H groups in total. The van der Waals surface area contributed by atoms with Crippen molar-refractivity contribution >= 4 is 23.2 Å². The van der Waals surface area contributed by atoms with Crippen LogP contribution in [-0.2, 0) is 11.2 Å². The van der Waals surface area contributed by atoms with Crippen LogP contribution in [0.25, 0.3) is 0 Å². The van der Waals surface area contributed by atoms with E-state index in [9.17, 15) is 9.59 Å². The summed E-state index contributed by atoms with van der Waals surface area (Å²) in [5, 5.41) is 4.97. The van der Waals surface area contributed by atoms with Crippen LogP contribution in [0.2, 0.25) is 0 Å². The monoisotopic (exact) mass is 318 g/mol. The summed E-state index contributed by atoms with van der Waals surface area (Å²) in [5.41, 5.74) is 12.6. The molecule has 1 atom stereocenters. The quantitative estimate of drug-likeness (QED) is 0.707. The Kier molecular flexibility index (Phi) is 5.62. The van der Waals surface area contributed by atoms with Crippen molar-refractivity contribution in [3.8, 4) is 0 Å². The maximum absolute atomic E-state index is 11.9. The smallest absolute Gasteiger partial charge is 0.270 e. The van der Waals surface area contributed by atoms with Crippen molar-refractivity contribution in [1.82, 2.24) is 10.3 Å². The molecule has 2 rings (SSSR count). The van der Waals surface area contributed by atoms with Gasteiger partial charge in [-0.15, -0.1) is 11.3 Å². The molecule has 7 heteroatoms. The van der Waals surface area contributed by atoms with Crippen LogP contribution < -0.4 is 16.8 Å². The Morgan fingerprint density at radius 1 is 1.27 bits per heavy atom. The zero-order valence-corrected chi connectivity index (χ0v) is 12.8. The maximum Gasteiger partial charge on any atom is 0.270 e. The molecule has 1 aromatic heterocycles. The highest BCUT2D eigenvalue weighted by Crippen LogP contribution is 2.20. The number of hydrogen-bond acceptors (Lipinski definition) is 5. The molecule has 0 aliphatic rings. The first-order valence-electron chi connectivity index (χ1n) is 6.87. The molecule has 1 aromatic carbocycles. The average Bonchev–Trinajstić information content (AvgIpc) is 2.98. The van der Waals surface area contributed by atoms with Gasteiger partial charge in [-0.1, -0.05) is 30.3 Å². The lowest BCUT2D eigenvalue weighted by atomic mass is 10.1. The van der Waals surface area contributed by atoms with Crippen molar-refractivity contribution < 1.29 is 9.59 Å². The van der Waals surface area contributed by atoms with Crippen molar-refractivity contribution in [1.29, 1.82) is 0 Å². The number of aromatic nitrogens is 1. The Morgan fingerprint density at radius 2 is 2.00 bits per heavy atom. The standard InChI is InChI=1S/C15H18N4O2S/c16-11(8-10-4-2-1-3-5-10)15-19-12(9-22-15)14(21)18-7-6-13(17)20/h1-5,9,11H,6-8,16H2,(H2,17,20)(H,18,21). The van der Waals surface area contributed by atoms with E-state index in [0.29, 0.717) is 17.1 Å². The summed E-state index contributed by atoms with van der Waals surface area (Å²) in [5.74, 6) is -0.778. The Morgan fingerprint density at radius 3 is 2.68 bits per heavy atom. The van der Waals surface area contributed by atoms with Crippen molar-refractivity contribution in [2.24, 2.45) is 11.5 Å². The van der Waals surface area contributed by atoms with Crippen LogP contribution in [0.15, 0.2) is 35.7 Å². The molecule has 0 aliphatic carbocycles. The van der Waals surface area contributed by atoms with E-state index < -0.39 is 5.91 Å². The van der Waals surface area contributed by atoms with Gasteiger partial charge in [0.2, 0.25) is 5.91 Å². The fraction of sp³-hybridized carbons (Fsp3) is 0.267. The van der Waals surface area contributed by atoms with Crippen LogP contribution in [0.1, 0.15) is 33.5 Å². The fourth-order valence-electron chi connectivity index (χ4n) is 1.91. The van der Waals surface area contributed by atoms with Gasteiger partial charge in [0.15, 0.2) is 0 Å². The Bertz CT molecular complexity index is 642. The minimum Gasteiger partial charge on any atom is -0.370 e. The Labute approximate surface area is 132 Å². The van der Waals surface area contributed by atoms with Gasteiger partial charge in [-0.25, -0.2) is 4.98 Å². The molecule has 1 heterocycles. The van der Waals surface area contributed by atoms with E-state index in [-0.39, 0.29) is 24.9 Å². The summed E-state index contributed by atoms with van der Waals surface area (Å²) in [6.45, 7) is 0.205. The van der Waals surface area contributed by atoms with E-state index in [2.05, 4.69) is 10.3 Å². The lowest BCUT2D eigenvalue weighted by Gasteiger charge is -2.08. The Balaban J connectivity index is 1.92. The first kappa shape index (κ1) is 16.1. The fourth-order valence-corrected chi connectivity index (χ4v) is 2.71. The van der Waals surface area contributed by atoms with Crippen molar-refractivity contribution in [2.45, 2.75) is 18.9 Å². The highest BCUT2D eigenvalue weighted by atomic mass is 32.1. The third kappa shape index (κ3) is 4.64. The SMILES string of the molecule is NC(=O)CCNC(=O)c1csc(C(N)Cc2ccccc2)n1. The third-order valence-corrected chi connectivity index (χ3v) is 4.00. The van der Waals surface area contributed by atoms with Crippen LogP contribution in [0.3, 0.4) is 0 Å². The third-order valence-electron chi connectivity index (χ3n) is 3.03. The van der Waals surface area contributed by atoms with Gasteiger partial charge in [-0.05, 0) is 12.0 Å². The molecule has 0 fully saturated rings. The van der Waals surface area contributed by atoms with E-state index in [0.717, 1.165) is 5.56 Å². The summed E-state index contributed by atoms with van der Waals surface area (Å²) in [4.78, 5) is 26.8. The lowest BCUT2D eigenvalue weighted by molar-refractivity contribution is -0.117. The van der Waals surface area contributed by atoms with Gasteiger partial charge < -0.3 is 16.8 Å². The van der Waals surface area contributed by atoms with Gasteiger partial charge in [0.05, 0.1) is 6.04 Å². The van der Waals surface area contributed by atoms with Gasteiger partial charge >= 0.3 is 0 Å². The molecular formula is C15H18N4O2S. The summed E-state index contributed by atoms with van der Waals surface area (Å²) in [6, 6.07) is 9.63. The number of primary amides is 1.